The van der Waals surface area contributed by atoms with E-state index in [1.165, 1.54) is 23.3 Å². The Hall–Kier alpha value is -1.67. The van der Waals surface area contributed by atoms with Crippen molar-refractivity contribution >= 4 is 23.3 Å². The molecule has 0 radical (unpaired) electrons. The number of rotatable bonds is 3. The summed E-state index contributed by atoms with van der Waals surface area (Å²) in [6.07, 6.45) is 1.65. The van der Waals surface area contributed by atoms with Crippen molar-refractivity contribution in [2.75, 3.05) is 0 Å². The molecule has 3 rings (SSSR count). The quantitative estimate of drug-likeness (QED) is 0.739. The van der Waals surface area contributed by atoms with E-state index in [1.807, 2.05) is 31.5 Å². The fourth-order valence-electron chi connectivity index (χ4n) is 1.65. The smallest absolute Gasteiger partial charge is 0.198 e. The van der Waals surface area contributed by atoms with Crippen molar-refractivity contribution < 1.29 is 4.42 Å². The number of hydrogen-bond donors (Lipinski definition) is 0. The van der Waals surface area contributed by atoms with Gasteiger partial charge in [-0.3, -0.25) is 0 Å². The summed E-state index contributed by atoms with van der Waals surface area (Å²) in [6, 6.07) is 1.89. The highest BCUT2D eigenvalue weighted by Crippen LogP contribution is 2.30. The van der Waals surface area contributed by atoms with Gasteiger partial charge in [-0.15, -0.1) is 10.2 Å². The molecule has 0 unspecified atom stereocenters. The average molecular weight is 293 g/mol. The van der Waals surface area contributed by atoms with E-state index >= 15 is 0 Å². The summed E-state index contributed by atoms with van der Waals surface area (Å²) >= 11 is 2.83. The molecule has 8 heteroatoms. The summed E-state index contributed by atoms with van der Waals surface area (Å²) in [5, 5.41) is 9.19. The van der Waals surface area contributed by atoms with Gasteiger partial charge in [-0.2, -0.15) is 4.37 Å². The second-order valence-corrected chi connectivity index (χ2v) is 5.93. The molecule has 0 aliphatic rings. The van der Waals surface area contributed by atoms with E-state index in [-0.39, 0.29) is 0 Å². The summed E-state index contributed by atoms with van der Waals surface area (Å²) in [7, 11) is 1.93. The third-order valence-electron chi connectivity index (χ3n) is 2.62. The molecule has 0 N–H and O–H groups in total. The molecule has 3 aromatic rings. The molecular weight excluding hydrogens is 282 g/mol. The lowest BCUT2D eigenvalue weighted by Crippen LogP contribution is -1.94. The number of hydrogen-bond acceptors (Lipinski definition) is 7. The van der Waals surface area contributed by atoms with Gasteiger partial charge in [0.2, 0.25) is 0 Å². The molecule has 6 nitrogen and oxygen atoms in total. The first-order valence-corrected chi connectivity index (χ1v) is 7.16. The van der Waals surface area contributed by atoms with Crippen LogP contribution < -0.4 is 0 Å². The van der Waals surface area contributed by atoms with E-state index < -0.39 is 0 Å². The minimum absolute atomic E-state index is 0.778. The van der Waals surface area contributed by atoms with Gasteiger partial charge in [0.25, 0.3) is 0 Å². The van der Waals surface area contributed by atoms with Crippen molar-refractivity contribution in [2.45, 2.75) is 23.3 Å². The Morgan fingerprint density at radius 1 is 1.32 bits per heavy atom. The Kier molecular flexibility index (Phi) is 3.11. The second-order valence-electron chi connectivity index (χ2n) is 3.97. The number of aromatic nitrogens is 5. The first kappa shape index (κ1) is 12.4. The molecular formula is C11H11N5OS2. The normalized spacial score (nSPS) is 11.1. The Labute approximate surface area is 118 Å². The molecule has 0 bridgehead atoms. The predicted octanol–water partition coefficient (Wildman–Crippen LogP) is 2.69. The lowest BCUT2D eigenvalue weighted by molar-refractivity contribution is 0.534. The van der Waals surface area contributed by atoms with E-state index in [0.717, 1.165) is 32.5 Å². The zero-order valence-corrected chi connectivity index (χ0v) is 12.2. The van der Waals surface area contributed by atoms with Gasteiger partial charge in [0, 0.05) is 7.05 Å². The first-order chi connectivity index (χ1) is 9.15. The molecule has 0 aliphatic carbocycles. The Morgan fingerprint density at radius 2 is 2.16 bits per heavy atom. The molecule has 0 atom stereocenters. The van der Waals surface area contributed by atoms with Gasteiger partial charge in [0.1, 0.15) is 11.6 Å². The lowest BCUT2D eigenvalue weighted by Gasteiger charge is -2.00. The lowest BCUT2D eigenvalue weighted by atomic mass is 10.2. The highest BCUT2D eigenvalue weighted by Gasteiger charge is 2.16. The monoisotopic (exact) mass is 293 g/mol. The molecule has 19 heavy (non-hydrogen) atoms. The van der Waals surface area contributed by atoms with Crippen LogP contribution in [0.25, 0.3) is 11.4 Å². The summed E-state index contributed by atoms with van der Waals surface area (Å²) in [5.41, 5.74) is 0.954. The van der Waals surface area contributed by atoms with Crippen molar-refractivity contribution in [3.05, 3.63) is 23.9 Å². The summed E-state index contributed by atoms with van der Waals surface area (Å²) in [6.45, 7) is 3.78. The van der Waals surface area contributed by atoms with E-state index in [2.05, 4.69) is 19.6 Å². The standard InChI is InChI=1S/C11H11N5OS2/c1-6-8(4-5-17-6)9-13-14-10(16(9)3)18-11-12-7(2)15-19-11/h4-5H,1-3H3. The van der Waals surface area contributed by atoms with Crippen LogP contribution in [0.4, 0.5) is 0 Å². The van der Waals surface area contributed by atoms with Crippen LogP contribution in [-0.4, -0.2) is 24.1 Å². The fourth-order valence-corrected chi connectivity index (χ4v) is 3.20. The van der Waals surface area contributed by atoms with Crippen molar-refractivity contribution in [3.63, 3.8) is 0 Å². The largest absolute Gasteiger partial charge is 0.469 e. The van der Waals surface area contributed by atoms with Crippen LogP contribution in [0.3, 0.4) is 0 Å². The maximum absolute atomic E-state index is 5.30. The van der Waals surface area contributed by atoms with E-state index in [9.17, 15) is 0 Å². The predicted molar refractivity (Wildman–Crippen MR) is 72.2 cm³/mol. The molecule has 98 valence electrons. The second kappa shape index (κ2) is 4.78. The Bertz CT molecular complexity index is 714. The van der Waals surface area contributed by atoms with Crippen molar-refractivity contribution in [3.8, 4) is 11.4 Å². The van der Waals surface area contributed by atoms with Crippen LogP contribution in [0.15, 0.2) is 26.2 Å². The van der Waals surface area contributed by atoms with Crippen molar-refractivity contribution in [2.24, 2.45) is 7.05 Å². The Morgan fingerprint density at radius 3 is 2.79 bits per heavy atom. The van der Waals surface area contributed by atoms with Gasteiger partial charge < -0.3 is 8.98 Å². The zero-order chi connectivity index (χ0) is 13.4. The number of nitrogens with zero attached hydrogens (tertiary/aromatic N) is 5. The third kappa shape index (κ3) is 2.28. The molecule has 0 amide bonds. The number of furan rings is 1. The van der Waals surface area contributed by atoms with Crippen molar-refractivity contribution in [1.82, 2.24) is 24.1 Å². The van der Waals surface area contributed by atoms with Crippen LogP contribution in [0.5, 0.6) is 0 Å². The van der Waals surface area contributed by atoms with Gasteiger partial charge in [-0.25, -0.2) is 4.98 Å². The van der Waals surface area contributed by atoms with Crippen LogP contribution >= 0.6 is 23.3 Å². The van der Waals surface area contributed by atoms with Gasteiger partial charge in [-0.05, 0) is 43.2 Å². The topological polar surface area (TPSA) is 69.6 Å². The van der Waals surface area contributed by atoms with Gasteiger partial charge in [0.05, 0.1) is 11.8 Å². The first-order valence-electron chi connectivity index (χ1n) is 5.57. The van der Waals surface area contributed by atoms with Crippen LogP contribution in [0.1, 0.15) is 11.6 Å². The van der Waals surface area contributed by atoms with E-state index in [1.54, 1.807) is 6.26 Å². The van der Waals surface area contributed by atoms with Crippen LogP contribution in [-0.2, 0) is 7.05 Å². The minimum Gasteiger partial charge on any atom is -0.469 e. The maximum Gasteiger partial charge on any atom is 0.198 e. The highest BCUT2D eigenvalue weighted by molar-refractivity contribution is 8.00. The van der Waals surface area contributed by atoms with Crippen molar-refractivity contribution in [1.29, 1.82) is 0 Å². The van der Waals surface area contributed by atoms with Crippen LogP contribution in [0.2, 0.25) is 0 Å². The van der Waals surface area contributed by atoms with Crippen LogP contribution in [0, 0.1) is 13.8 Å². The molecule has 0 saturated carbocycles. The molecule has 0 spiro atoms. The molecule has 0 fully saturated rings. The average Bonchev–Trinajstić information content (AvgIpc) is 3.05. The van der Waals surface area contributed by atoms with E-state index in [4.69, 9.17) is 4.42 Å². The Balaban J connectivity index is 1.93. The molecule has 3 aromatic heterocycles. The number of aryl methyl sites for hydroxylation is 2. The van der Waals surface area contributed by atoms with E-state index in [0.29, 0.717) is 0 Å². The minimum atomic E-state index is 0.778. The third-order valence-corrected chi connectivity index (χ3v) is 4.50. The molecule has 0 aromatic carbocycles. The molecule has 0 saturated heterocycles. The van der Waals surface area contributed by atoms with Gasteiger partial charge in [-0.1, -0.05) is 0 Å². The summed E-state index contributed by atoms with van der Waals surface area (Å²) in [4.78, 5) is 4.31. The maximum atomic E-state index is 5.30. The fraction of sp³-hybridized carbons (Fsp3) is 0.273. The van der Waals surface area contributed by atoms with Gasteiger partial charge >= 0.3 is 0 Å². The summed E-state index contributed by atoms with van der Waals surface area (Å²) in [5.74, 6) is 2.40. The molecule has 3 heterocycles. The summed E-state index contributed by atoms with van der Waals surface area (Å²) < 4.78 is 12.2. The van der Waals surface area contributed by atoms with Gasteiger partial charge in [0.15, 0.2) is 15.3 Å². The zero-order valence-electron chi connectivity index (χ0n) is 10.6. The highest BCUT2D eigenvalue weighted by atomic mass is 32.2. The molecule has 0 aliphatic heterocycles. The SMILES string of the molecule is Cc1nsc(Sc2nnc(-c3ccoc3C)n2C)n1.